The van der Waals surface area contributed by atoms with Crippen LogP contribution in [-0.2, 0) is 4.79 Å². The molecule has 1 heterocycles. The highest BCUT2D eigenvalue weighted by Gasteiger charge is 2.32. The number of alkyl halides is 2. The lowest BCUT2D eigenvalue weighted by molar-refractivity contribution is -0.137. The Morgan fingerprint density at radius 1 is 1.35 bits per heavy atom. The smallest absolute Gasteiger partial charge is 0.251 e. The molecule has 0 bridgehead atoms. The van der Waals surface area contributed by atoms with Gasteiger partial charge in [-0.3, -0.25) is 9.69 Å². The molecule has 0 saturated carbocycles. The van der Waals surface area contributed by atoms with Crippen molar-refractivity contribution in [3.8, 4) is 0 Å². The van der Waals surface area contributed by atoms with Crippen LogP contribution in [0.2, 0.25) is 0 Å². The minimum atomic E-state index is -2.33. The third-order valence-electron chi connectivity index (χ3n) is 4.30. The van der Waals surface area contributed by atoms with Gasteiger partial charge in [0.15, 0.2) is 0 Å². The maximum absolute atomic E-state index is 12.5. The SMILES string of the molecule is CC[C@H]1CN(C(=O)[C@@H](N)[C@@H](C)CC)CCN1CC(F)F. The molecule has 0 aromatic carbocycles. The molecular weight excluding hydrogens is 264 g/mol. The van der Waals surface area contributed by atoms with Crippen LogP contribution >= 0.6 is 0 Å². The van der Waals surface area contributed by atoms with Crippen LogP contribution in [0.5, 0.6) is 0 Å². The molecule has 3 atom stereocenters. The number of carbonyl (C=O) groups is 1. The minimum Gasteiger partial charge on any atom is -0.338 e. The molecule has 0 unspecified atom stereocenters. The van der Waals surface area contributed by atoms with E-state index < -0.39 is 12.5 Å². The summed E-state index contributed by atoms with van der Waals surface area (Å²) in [7, 11) is 0. The predicted molar refractivity (Wildman–Crippen MR) is 75.7 cm³/mol. The minimum absolute atomic E-state index is 0.00540. The summed E-state index contributed by atoms with van der Waals surface area (Å²) >= 11 is 0. The van der Waals surface area contributed by atoms with E-state index in [1.165, 1.54) is 0 Å². The number of hydrogen-bond donors (Lipinski definition) is 1. The van der Waals surface area contributed by atoms with E-state index in [4.69, 9.17) is 5.73 Å². The van der Waals surface area contributed by atoms with E-state index >= 15 is 0 Å². The van der Waals surface area contributed by atoms with Crippen LogP contribution in [0.3, 0.4) is 0 Å². The number of halogens is 2. The molecule has 0 aromatic heterocycles. The number of nitrogens with two attached hydrogens (primary N) is 1. The lowest BCUT2D eigenvalue weighted by atomic mass is 9.98. The van der Waals surface area contributed by atoms with Gasteiger partial charge in [-0.15, -0.1) is 0 Å². The van der Waals surface area contributed by atoms with Crippen LogP contribution in [0.25, 0.3) is 0 Å². The van der Waals surface area contributed by atoms with Gasteiger partial charge < -0.3 is 10.6 Å². The highest BCUT2D eigenvalue weighted by Crippen LogP contribution is 2.17. The molecule has 1 rings (SSSR count). The highest BCUT2D eigenvalue weighted by molar-refractivity contribution is 5.82. The number of amides is 1. The van der Waals surface area contributed by atoms with Crippen LogP contribution in [-0.4, -0.2) is 60.4 Å². The summed E-state index contributed by atoms with van der Waals surface area (Å²) < 4.78 is 25.0. The predicted octanol–water partition coefficient (Wildman–Crippen LogP) is 1.55. The molecule has 1 saturated heterocycles. The van der Waals surface area contributed by atoms with E-state index in [2.05, 4.69) is 0 Å². The Hall–Kier alpha value is -0.750. The third-order valence-corrected chi connectivity index (χ3v) is 4.30. The zero-order valence-corrected chi connectivity index (χ0v) is 12.7. The largest absolute Gasteiger partial charge is 0.338 e. The van der Waals surface area contributed by atoms with Crippen molar-refractivity contribution in [3.63, 3.8) is 0 Å². The second kappa shape index (κ2) is 7.88. The average molecular weight is 291 g/mol. The van der Waals surface area contributed by atoms with E-state index in [9.17, 15) is 13.6 Å². The first-order valence-corrected chi connectivity index (χ1v) is 7.47. The third kappa shape index (κ3) is 4.38. The Labute approximate surface area is 120 Å². The quantitative estimate of drug-likeness (QED) is 0.808. The van der Waals surface area contributed by atoms with Gasteiger partial charge in [-0.05, 0) is 12.3 Å². The summed E-state index contributed by atoms with van der Waals surface area (Å²) in [4.78, 5) is 15.8. The Morgan fingerprint density at radius 2 is 2.00 bits per heavy atom. The number of rotatable bonds is 6. The van der Waals surface area contributed by atoms with Gasteiger partial charge in [0.05, 0.1) is 12.6 Å². The van der Waals surface area contributed by atoms with Gasteiger partial charge in [0.2, 0.25) is 5.91 Å². The fourth-order valence-corrected chi connectivity index (χ4v) is 2.61. The summed E-state index contributed by atoms with van der Waals surface area (Å²) in [5.41, 5.74) is 5.98. The Balaban J connectivity index is 2.61. The van der Waals surface area contributed by atoms with Crippen molar-refractivity contribution in [2.24, 2.45) is 11.7 Å². The number of hydrogen-bond acceptors (Lipinski definition) is 3. The van der Waals surface area contributed by atoms with E-state index in [-0.39, 0.29) is 24.4 Å². The fraction of sp³-hybridized carbons (Fsp3) is 0.929. The topological polar surface area (TPSA) is 49.6 Å². The number of carbonyl (C=O) groups excluding carboxylic acids is 1. The van der Waals surface area contributed by atoms with Gasteiger partial charge in [-0.25, -0.2) is 8.78 Å². The lowest BCUT2D eigenvalue weighted by Gasteiger charge is -2.42. The summed E-state index contributed by atoms with van der Waals surface area (Å²) in [6, 6.07) is -0.481. The zero-order chi connectivity index (χ0) is 15.3. The fourth-order valence-electron chi connectivity index (χ4n) is 2.61. The molecule has 20 heavy (non-hydrogen) atoms. The molecule has 0 aromatic rings. The molecule has 1 fully saturated rings. The lowest BCUT2D eigenvalue weighted by Crippen LogP contribution is -2.58. The van der Waals surface area contributed by atoms with Crippen LogP contribution in [0, 0.1) is 5.92 Å². The summed E-state index contributed by atoms with van der Waals surface area (Å²) in [6.07, 6.45) is -0.710. The molecule has 118 valence electrons. The molecule has 4 nitrogen and oxygen atoms in total. The second-order valence-electron chi connectivity index (χ2n) is 5.64. The van der Waals surface area contributed by atoms with Gasteiger partial charge in [0.25, 0.3) is 6.43 Å². The van der Waals surface area contributed by atoms with Gasteiger partial charge in [-0.2, -0.15) is 0 Å². The van der Waals surface area contributed by atoms with E-state index in [0.29, 0.717) is 19.6 Å². The van der Waals surface area contributed by atoms with Crippen LogP contribution in [0.1, 0.15) is 33.6 Å². The van der Waals surface area contributed by atoms with E-state index in [0.717, 1.165) is 12.8 Å². The van der Waals surface area contributed by atoms with Crippen molar-refractivity contribution in [1.29, 1.82) is 0 Å². The maximum atomic E-state index is 12.5. The highest BCUT2D eigenvalue weighted by atomic mass is 19.3. The van der Waals surface area contributed by atoms with E-state index in [1.807, 2.05) is 20.8 Å². The van der Waals surface area contributed by atoms with Crippen molar-refractivity contribution in [1.82, 2.24) is 9.80 Å². The average Bonchev–Trinajstić information content (AvgIpc) is 2.44. The van der Waals surface area contributed by atoms with Crippen LogP contribution in [0.15, 0.2) is 0 Å². The molecule has 0 aliphatic carbocycles. The first-order valence-electron chi connectivity index (χ1n) is 7.47. The molecule has 1 amide bonds. The molecule has 0 radical (unpaired) electrons. The van der Waals surface area contributed by atoms with Crippen molar-refractivity contribution in [2.45, 2.75) is 52.1 Å². The maximum Gasteiger partial charge on any atom is 0.251 e. The molecular formula is C14H27F2N3O. The molecule has 0 spiro atoms. The van der Waals surface area contributed by atoms with Crippen molar-refractivity contribution in [3.05, 3.63) is 0 Å². The Bertz CT molecular complexity index is 315. The Morgan fingerprint density at radius 3 is 2.50 bits per heavy atom. The van der Waals surface area contributed by atoms with E-state index in [1.54, 1.807) is 9.80 Å². The summed E-state index contributed by atoms with van der Waals surface area (Å²) in [6.45, 7) is 7.23. The summed E-state index contributed by atoms with van der Waals surface area (Å²) in [5.74, 6) is 0.0937. The van der Waals surface area contributed by atoms with Crippen molar-refractivity contribution >= 4 is 5.91 Å². The first-order chi connectivity index (χ1) is 9.40. The summed E-state index contributed by atoms with van der Waals surface area (Å²) in [5, 5.41) is 0. The first kappa shape index (κ1) is 17.3. The molecule has 2 N–H and O–H groups in total. The van der Waals surface area contributed by atoms with Crippen molar-refractivity contribution < 1.29 is 13.6 Å². The zero-order valence-electron chi connectivity index (χ0n) is 12.7. The number of piperazine rings is 1. The van der Waals surface area contributed by atoms with Crippen LogP contribution in [0.4, 0.5) is 8.78 Å². The number of nitrogens with zero attached hydrogens (tertiary/aromatic N) is 2. The molecule has 6 heteroatoms. The second-order valence-corrected chi connectivity index (χ2v) is 5.64. The van der Waals surface area contributed by atoms with Gasteiger partial charge in [-0.1, -0.05) is 27.2 Å². The Kier molecular flexibility index (Phi) is 6.82. The van der Waals surface area contributed by atoms with Gasteiger partial charge in [0, 0.05) is 25.7 Å². The van der Waals surface area contributed by atoms with Crippen LogP contribution < -0.4 is 5.73 Å². The standard InChI is InChI=1S/C14H27F2N3O/c1-4-10(3)13(17)14(20)19-7-6-18(9-12(15)16)11(5-2)8-19/h10-13H,4-9,17H2,1-3H3/t10-,11-,13-/m0/s1. The van der Waals surface area contributed by atoms with Crippen molar-refractivity contribution in [2.75, 3.05) is 26.2 Å². The monoisotopic (exact) mass is 291 g/mol. The normalized spacial score (nSPS) is 23.9. The van der Waals surface area contributed by atoms with Gasteiger partial charge >= 0.3 is 0 Å². The van der Waals surface area contributed by atoms with Gasteiger partial charge in [0.1, 0.15) is 0 Å². The molecule has 1 aliphatic heterocycles. The molecule has 1 aliphatic rings.